The van der Waals surface area contributed by atoms with Gasteiger partial charge >= 0.3 is 0 Å². The summed E-state index contributed by atoms with van der Waals surface area (Å²) >= 11 is 0. The molecule has 0 unspecified atom stereocenters. The largest absolute Gasteiger partial charge is 0.495 e. The lowest BCUT2D eigenvalue weighted by molar-refractivity contribution is 0.417. The summed E-state index contributed by atoms with van der Waals surface area (Å²) in [6.45, 7) is 3.42. The van der Waals surface area contributed by atoms with Crippen molar-refractivity contribution in [3.8, 4) is 11.8 Å². The molecule has 2 aromatic heterocycles. The van der Waals surface area contributed by atoms with E-state index in [1.165, 1.54) is 0 Å². The van der Waals surface area contributed by atoms with E-state index in [9.17, 15) is 9.83 Å². The molecule has 0 aliphatic carbocycles. The summed E-state index contributed by atoms with van der Waals surface area (Å²) in [4.78, 5) is 11.8. The van der Waals surface area contributed by atoms with Crippen LogP contribution in [0.25, 0.3) is 11.0 Å². The van der Waals surface area contributed by atoms with Gasteiger partial charge in [0.15, 0.2) is 0 Å². The molecular weight excluding hydrogens is 351 g/mol. The van der Waals surface area contributed by atoms with Crippen molar-refractivity contribution in [1.82, 2.24) is 15.0 Å². The summed E-state index contributed by atoms with van der Waals surface area (Å²) in [5.74, 6) is 1.43. The number of anilines is 3. The van der Waals surface area contributed by atoms with E-state index in [2.05, 4.69) is 31.7 Å². The molecule has 134 valence electrons. The first-order valence-electron chi connectivity index (χ1n) is 7.85. The Morgan fingerprint density at radius 3 is 2.69 bits per heavy atom. The number of hydrogen-bond donors (Lipinski definition) is 3. The minimum atomic E-state index is -2.39. The number of hydrogen-bond acceptors (Lipinski definition) is 7. The van der Waals surface area contributed by atoms with E-state index in [-0.39, 0.29) is 0 Å². The molecule has 8 nitrogen and oxygen atoms in total. The van der Waals surface area contributed by atoms with Crippen LogP contribution >= 0.6 is 7.14 Å². The molecule has 3 rings (SSSR count). The zero-order chi connectivity index (χ0) is 18.9. The summed E-state index contributed by atoms with van der Waals surface area (Å²) in [7, 11) is 0.889. The first kappa shape index (κ1) is 17.8. The van der Waals surface area contributed by atoms with Gasteiger partial charge in [0, 0.05) is 18.5 Å². The van der Waals surface area contributed by atoms with Gasteiger partial charge in [-0.2, -0.15) is 15.2 Å². The minimum Gasteiger partial charge on any atom is -0.495 e. The summed E-state index contributed by atoms with van der Waals surface area (Å²) in [5, 5.41) is 16.7. The predicted molar refractivity (Wildman–Crippen MR) is 104 cm³/mol. The third-order valence-electron chi connectivity index (χ3n) is 3.94. The molecule has 0 spiro atoms. The van der Waals surface area contributed by atoms with Gasteiger partial charge in [-0.25, -0.2) is 0 Å². The third-order valence-corrected chi connectivity index (χ3v) is 5.46. The molecule has 0 radical (unpaired) electrons. The number of H-pyrrole nitrogens is 1. The van der Waals surface area contributed by atoms with E-state index >= 15 is 0 Å². The molecular formula is C17H19N6O2P. The summed E-state index contributed by atoms with van der Waals surface area (Å²) in [6, 6.07) is 7.45. The SMILES string of the molecule is CNc1nc(Nc2ccc(P(C)(C)=O)cc2OC)nc2[nH]cc(C#N)c12. The van der Waals surface area contributed by atoms with Crippen molar-refractivity contribution in [2.75, 3.05) is 38.1 Å². The average molecular weight is 370 g/mol. The van der Waals surface area contributed by atoms with Crippen LogP contribution in [0, 0.1) is 11.3 Å². The van der Waals surface area contributed by atoms with E-state index in [0.717, 1.165) is 5.30 Å². The normalized spacial score (nSPS) is 11.2. The summed E-state index contributed by atoms with van der Waals surface area (Å²) < 4.78 is 17.7. The lowest BCUT2D eigenvalue weighted by atomic mass is 10.2. The molecule has 9 heteroatoms. The number of methoxy groups -OCH3 is 1. The second kappa shape index (κ2) is 6.70. The molecule has 26 heavy (non-hydrogen) atoms. The van der Waals surface area contributed by atoms with Crippen molar-refractivity contribution in [2.45, 2.75) is 0 Å². The molecule has 0 amide bonds. The molecule has 0 aliphatic rings. The Labute approximate surface area is 151 Å². The van der Waals surface area contributed by atoms with E-state index < -0.39 is 7.14 Å². The van der Waals surface area contributed by atoms with Crippen LogP contribution in [0.1, 0.15) is 5.56 Å². The van der Waals surface area contributed by atoms with Crippen LogP contribution in [-0.2, 0) is 4.57 Å². The molecule has 1 aromatic carbocycles. The summed E-state index contributed by atoms with van der Waals surface area (Å²) in [5.41, 5.74) is 1.67. The highest BCUT2D eigenvalue weighted by molar-refractivity contribution is 7.70. The first-order chi connectivity index (χ1) is 12.4. The quantitative estimate of drug-likeness (QED) is 0.591. The van der Waals surface area contributed by atoms with Crippen LogP contribution in [0.3, 0.4) is 0 Å². The van der Waals surface area contributed by atoms with Gasteiger partial charge in [-0.05, 0) is 31.5 Å². The maximum absolute atomic E-state index is 12.3. The Bertz CT molecular complexity index is 1060. The first-order valence-corrected chi connectivity index (χ1v) is 10.4. The smallest absolute Gasteiger partial charge is 0.231 e. The standard InChI is InChI=1S/C17H19N6O2P/c1-19-15-14-10(8-18)9-20-16(14)23-17(22-15)21-12-6-5-11(26(3,4)24)7-13(12)25-2/h5-7,9H,1-4H3,(H3,19,20,21,22,23). The van der Waals surface area contributed by atoms with Crippen LogP contribution in [0.5, 0.6) is 5.75 Å². The van der Waals surface area contributed by atoms with Crippen molar-refractivity contribution in [1.29, 1.82) is 5.26 Å². The summed E-state index contributed by atoms with van der Waals surface area (Å²) in [6.07, 6.45) is 1.60. The number of fused-ring (bicyclic) bond motifs is 1. The second-order valence-electron chi connectivity index (χ2n) is 6.04. The molecule has 0 saturated carbocycles. The molecule has 3 aromatic rings. The van der Waals surface area contributed by atoms with Gasteiger partial charge in [0.2, 0.25) is 5.95 Å². The molecule has 0 saturated heterocycles. The van der Waals surface area contributed by atoms with Crippen LogP contribution in [0.4, 0.5) is 17.5 Å². The Balaban J connectivity index is 2.04. The second-order valence-corrected chi connectivity index (χ2v) is 9.26. The Kier molecular flexibility index (Phi) is 4.58. The zero-order valence-corrected chi connectivity index (χ0v) is 15.8. The van der Waals surface area contributed by atoms with E-state index in [0.29, 0.717) is 39.8 Å². The Morgan fingerprint density at radius 1 is 1.31 bits per heavy atom. The molecule has 0 atom stereocenters. The molecule has 0 bridgehead atoms. The van der Waals surface area contributed by atoms with Crippen molar-refractivity contribution in [3.63, 3.8) is 0 Å². The fourth-order valence-electron chi connectivity index (χ4n) is 2.60. The number of rotatable bonds is 5. The monoisotopic (exact) mass is 370 g/mol. The highest BCUT2D eigenvalue weighted by Crippen LogP contribution is 2.38. The van der Waals surface area contributed by atoms with Crippen LogP contribution in [-0.4, -0.2) is 42.4 Å². The minimum absolute atomic E-state index is 0.343. The number of ether oxygens (including phenoxy) is 1. The molecule has 3 N–H and O–H groups in total. The van der Waals surface area contributed by atoms with Gasteiger partial charge in [0.25, 0.3) is 0 Å². The Hall–Kier alpha value is -3.04. The van der Waals surface area contributed by atoms with Gasteiger partial charge < -0.3 is 24.9 Å². The van der Waals surface area contributed by atoms with Crippen molar-refractivity contribution < 1.29 is 9.30 Å². The number of benzene rings is 1. The fourth-order valence-corrected chi connectivity index (χ4v) is 3.46. The predicted octanol–water partition coefficient (Wildman–Crippen LogP) is 2.87. The van der Waals surface area contributed by atoms with Crippen molar-refractivity contribution >= 4 is 40.9 Å². The van der Waals surface area contributed by atoms with Crippen molar-refractivity contribution in [3.05, 3.63) is 30.0 Å². The van der Waals surface area contributed by atoms with E-state index in [4.69, 9.17) is 4.74 Å². The van der Waals surface area contributed by atoms with E-state index in [1.807, 2.05) is 0 Å². The lowest BCUT2D eigenvalue weighted by Crippen LogP contribution is -2.07. The van der Waals surface area contributed by atoms with Crippen molar-refractivity contribution in [2.24, 2.45) is 0 Å². The van der Waals surface area contributed by atoms with Gasteiger partial charge in [-0.15, -0.1) is 0 Å². The molecule has 2 heterocycles. The highest BCUT2D eigenvalue weighted by atomic mass is 31.2. The number of aromatic amines is 1. The average Bonchev–Trinajstić information content (AvgIpc) is 3.03. The molecule has 0 aliphatic heterocycles. The van der Waals surface area contributed by atoms with Crippen LogP contribution in [0.2, 0.25) is 0 Å². The van der Waals surface area contributed by atoms with Gasteiger partial charge in [-0.3, -0.25) is 0 Å². The molecule has 0 fully saturated rings. The Morgan fingerprint density at radius 2 is 2.08 bits per heavy atom. The third kappa shape index (κ3) is 3.22. The van der Waals surface area contributed by atoms with Crippen LogP contribution in [0.15, 0.2) is 24.4 Å². The fraction of sp³-hybridized carbons (Fsp3) is 0.235. The number of nitrogens with zero attached hydrogens (tertiary/aromatic N) is 3. The lowest BCUT2D eigenvalue weighted by Gasteiger charge is -2.14. The maximum atomic E-state index is 12.3. The highest BCUT2D eigenvalue weighted by Gasteiger charge is 2.16. The van der Waals surface area contributed by atoms with Gasteiger partial charge in [-0.1, -0.05) is 0 Å². The van der Waals surface area contributed by atoms with Gasteiger partial charge in [0.05, 0.1) is 23.7 Å². The number of aromatic nitrogens is 3. The zero-order valence-electron chi connectivity index (χ0n) is 14.9. The number of nitrogens with one attached hydrogen (secondary N) is 3. The van der Waals surface area contributed by atoms with E-state index in [1.54, 1.807) is 51.9 Å². The number of nitriles is 1. The maximum Gasteiger partial charge on any atom is 0.231 e. The topological polar surface area (TPSA) is 116 Å². The van der Waals surface area contributed by atoms with Gasteiger partial charge in [0.1, 0.15) is 30.4 Å². The van der Waals surface area contributed by atoms with Crippen LogP contribution < -0.4 is 20.7 Å².